The first-order chi connectivity index (χ1) is 17.4. The Bertz CT molecular complexity index is 1190. The van der Waals surface area contributed by atoms with Gasteiger partial charge in [-0.15, -0.1) is 0 Å². The van der Waals surface area contributed by atoms with Gasteiger partial charge in [-0.3, -0.25) is 14.5 Å². The van der Waals surface area contributed by atoms with Crippen LogP contribution in [-0.2, 0) is 16.0 Å². The third-order valence-corrected chi connectivity index (χ3v) is 6.48. The summed E-state index contributed by atoms with van der Waals surface area (Å²) < 4.78 is 20.1. The normalized spacial score (nSPS) is 14.9. The standard InChI is InChI=1S/C27H32FN5O3/c1-4-29-27(35)26(20-8-6-5-7-9-20)33-14-12-32(13-15-33)24-11-10-21(16-23(24)28)30-25(34)17-22-18(2)31-36-19(22)3/h5-11,16,26H,4,12-15,17H2,1-3H3,(H,29,35)(H,30,34). The van der Waals surface area contributed by atoms with E-state index in [1.807, 2.05) is 42.2 Å². The van der Waals surface area contributed by atoms with Crippen LogP contribution in [0.5, 0.6) is 0 Å². The van der Waals surface area contributed by atoms with Crippen molar-refractivity contribution in [2.75, 3.05) is 42.9 Å². The van der Waals surface area contributed by atoms with Crippen molar-refractivity contribution in [3.05, 3.63) is 76.9 Å². The van der Waals surface area contributed by atoms with Crippen LogP contribution in [0.3, 0.4) is 0 Å². The number of hydrogen-bond acceptors (Lipinski definition) is 6. The molecule has 1 aliphatic heterocycles. The zero-order valence-corrected chi connectivity index (χ0v) is 20.9. The Morgan fingerprint density at radius 1 is 1.08 bits per heavy atom. The molecule has 1 unspecified atom stereocenters. The maximum atomic E-state index is 15.0. The molecule has 0 radical (unpaired) electrons. The second kappa shape index (κ2) is 11.3. The Labute approximate surface area is 210 Å². The van der Waals surface area contributed by atoms with E-state index < -0.39 is 5.82 Å². The number of anilines is 2. The van der Waals surface area contributed by atoms with Crippen molar-refractivity contribution in [1.29, 1.82) is 0 Å². The minimum absolute atomic E-state index is 0.0278. The van der Waals surface area contributed by atoms with Gasteiger partial charge in [-0.2, -0.15) is 0 Å². The van der Waals surface area contributed by atoms with Crippen molar-refractivity contribution in [2.45, 2.75) is 33.2 Å². The van der Waals surface area contributed by atoms with Crippen molar-refractivity contribution in [2.24, 2.45) is 0 Å². The number of carbonyl (C=O) groups excluding carboxylic acids is 2. The fraction of sp³-hybridized carbons (Fsp3) is 0.370. The van der Waals surface area contributed by atoms with Crippen LogP contribution in [-0.4, -0.2) is 54.6 Å². The van der Waals surface area contributed by atoms with E-state index in [1.165, 1.54) is 6.07 Å². The van der Waals surface area contributed by atoms with Crippen molar-refractivity contribution in [3.63, 3.8) is 0 Å². The predicted molar refractivity (Wildman–Crippen MR) is 136 cm³/mol. The van der Waals surface area contributed by atoms with Crippen LogP contribution < -0.4 is 15.5 Å². The van der Waals surface area contributed by atoms with Crippen molar-refractivity contribution in [1.82, 2.24) is 15.4 Å². The SMILES string of the molecule is CCNC(=O)C(c1ccccc1)N1CCN(c2ccc(NC(=O)Cc3c(C)noc3C)cc2F)CC1. The molecule has 3 aromatic rings. The lowest BCUT2D eigenvalue weighted by Gasteiger charge is -2.39. The molecular weight excluding hydrogens is 461 g/mol. The van der Waals surface area contributed by atoms with Crippen LogP contribution in [0, 0.1) is 19.7 Å². The first-order valence-electron chi connectivity index (χ1n) is 12.2. The third-order valence-electron chi connectivity index (χ3n) is 6.48. The molecule has 0 spiro atoms. The van der Waals surface area contributed by atoms with E-state index in [1.54, 1.807) is 26.0 Å². The molecule has 1 aliphatic rings. The zero-order valence-electron chi connectivity index (χ0n) is 20.9. The Morgan fingerprint density at radius 2 is 1.81 bits per heavy atom. The lowest BCUT2D eigenvalue weighted by molar-refractivity contribution is -0.126. The molecule has 1 atom stereocenters. The number of halogens is 1. The second-order valence-electron chi connectivity index (χ2n) is 8.92. The van der Waals surface area contributed by atoms with E-state index in [9.17, 15) is 9.59 Å². The van der Waals surface area contributed by atoms with Crippen LogP contribution >= 0.6 is 0 Å². The van der Waals surface area contributed by atoms with E-state index in [2.05, 4.69) is 20.7 Å². The summed E-state index contributed by atoms with van der Waals surface area (Å²) in [5.41, 5.74) is 3.23. The largest absolute Gasteiger partial charge is 0.367 e. The molecule has 0 bridgehead atoms. The average molecular weight is 494 g/mol. The first-order valence-corrected chi connectivity index (χ1v) is 12.2. The maximum Gasteiger partial charge on any atom is 0.241 e. The number of benzene rings is 2. The number of rotatable bonds is 8. The van der Waals surface area contributed by atoms with Crippen LogP contribution in [0.15, 0.2) is 53.1 Å². The van der Waals surface area contributed by atoms with E-state index in [-0.39, 0.29) is 24.3 Å². The monoisotopic (exact) mass is 493 g/mol. The van der Waals surface area contributed by atoms with Crippen molar-refractivity contribution < 1.29 is 18.5 Å². The Kier molecular flexibility index (Phi) is 8.00. The molecule has 1 fully saturated rings. The molecule has 1 saturated heterocycles. The van der Waals surface area contributed by atoms with Gasteiger partial charge in [-0.1, -0.05) is 35.5 Å². The van der Waals surface area contributed by atoms with Gasteiger partial charge in [0.15, 0.2) is 0 Å². The van der Waals surface area contributed by atoms with Gasteiger partial charge < -0.3 is 20.1 Å². The molecule has 2 amide bonds. The summed E-state index contributed by atoms with van der Waals surface area (Å²) in [5, 5.41) is 9.55. The molecular formula is C27H32FN5O3. The maximum absolute atomic E-state index is 15.0. The van der Waals surface area contributed by atoms with E-state index in [4.69, 9.17) is 4.52 Å². The van der Waals surface area contributed by atoms with Gasteiger partial charge in [0.2, 0.25) is 11.8 Å². The van der Waals surface area contributed by atoms with Gasteiger partial charge in [0, 0.05) is 44.0 Å². The number of likely N-dealkylation sites (N-methyl/N-ethyl adjacent to an activating group) is 1. The fourth-order valence-electron chi connectivity index (χ4n) is 4.62. The highest BCUT2D eigenvalue weighted by Crippen LogP contribution is 2.27. The predicted octanol–water partition coefficient (Wildman–Crippen LogP) is 3.61. The van der Waals surface area contributed by atoms with Gasteiger partial charge >= 0.3 is 0 Å². The minimum Gasteiger partial charge on any atom is -0.367 e. The van der Waals surface area contributed by atoms with Gasteiger partial charge in [-0.05, 0) is 44.5 Å². The molecule has 36 heavy (non-hydrogen) atoms. The summed E-state index contributed by atoms with van der Waals surface area (Å²) in [7, 11) is 0. The van der Waals surface area contributed by atoms with Crippen molar-refractivity contribution >= 4 is 23.2 Å². The molecule has 2 aromatic carbocycles. The number of aryl methyl sites for hydroxylation is 2. The molecule has 190 valence electrons. The van der Waals surface area contributed by atoms with Gasteiger partial charge in [-0.25, -0.2) is 4.39 Å². The summed E-state index contributed by atoms with van der Waals surface area (Å²) in [5.74, 6) is -0.0885. The quantitative estimate of drug-likeness (QED) is 0.498. The molecule has 8 nitrogen and oxygen atoms in total. The summed E-state index contributed by atoms with van der Waals surface area (Å²) in [4.78, 5) is 29.4. The topological polar surface area (TPSA) is 90.7 Å². The number of piperazine rings is 1. The molecule has 2 N–H and O–H groups in total. The summed E-state index contributed by atoms with van der Waals surface area (Å²) in [6.07, 6.45) is 0.112. The Balaban J connectivity index is 1.39. The highest BCUT2D eigenvalue weighted by molar-refractivity contribution is 5.92. The number of hydrogen-bond donors (Lipinski definition) is 2. The summed E-state index contributed by atoms with van der Waals surface area (Å²) >= 11 is 0. The zero-order chi connectivity index (χ0) is 25.7. The minimum atomic E-state index is -0.401. The van der Waals surface area contributed by atoms with Crippen LogP contribution in [0.4, 0.5) is 15.8 Å². The highest BCUT2D eigenvalue weighted by atomic mass is 19.1. The van der Waals surface area contributed by atoms with E-state index in [0.717, 1.165) is 11.1 Å². The Morgan fingerprint density at radius 3 is 2.42 bits per heavy atom. The highest BCUT2D eigenvalue weighted by Gasteiger charge is 2.30. The number of nitrogens with zero attached hydrogens (tertiary/aromatic N) is 3. The van der Waals surface area contributed by atoms with Gasteiger partial charge in [0.05, 0.1) is 17.8 Å². The molecule has 4 rings (SSSR count). The summed E-state index contributed by atoms with van der Waals surface area (Å²) in [6, 6.07) is 14.1. The van der Waals surface area contributed by atoms with Gasteiger partial charge in [0.1, 0.15) is 17.6 Å². The molecule has 9 heteroatoms. The molecule has 0 aliphatic carbocycles. The van der Waals surface area contributed by atoms with Crippen LogP contribution in [0.2, 0.25) is 0 Å². The smallest absolute Gasteiger partial charge is 0.241 e. The Hall–Kier alpha value is -3.72. The van der Waals surface area contributed by atoms with E-state index >= 15 is 4.39 Å². The number of nitrogens with one attached hydrogen (secondary N) is 2. The number of aromatic nitrogens is 1. The van der Waals surface area contributed by atoms with Crippen LogP contribution in [0.1, 0.15) is 35.5 Å². The third kappa shape index (κ3) is 5.73. The lowest BCUT2D eigenvalue weighted by atomic mass is 10.0. The van der Waals surface area contributed by atoms with E-state index in [0.29, 0.717) is 55.6 Å². The lowest BCUT2D eigenvalue weighted by Crippen LogP contribution is -2.51. The number of amides is 2. The summed E-state index contributed by atoms with van der Waals surface area (Å²) in [6.45, 7) is 8.41. The van der Waals surface area contributed by atoms with Gasteiger partial charge in [0.25, 0.3) is 0 Å². The molecule has 0 saturated carbocycles. The van der Waals surface area contributed by atoms with Crippen molar-refractivity contribution in [3.8, 4) is 0 Å². The van der Waals surface area contributed by atoms with Crippen LogP contribution in [0.25, 0.3) is 0 Å². The molecule has 2 heterocycles. The number of carbonyl (C=O) groups is 2. The average Bonchev–Trinajstić information content (AvgIpc) is 3.18. The second-order valence-corrected chi connectivity index (χ2v) is 8.92. The molecule has 1 aromatic heterocycles. The first kappa shape index (κ1) is 25.4. The fourth-order valence-corrected chi connectivity index (χ4v) is 4.62.